The van der Waals surface area contributed by atoms with Crippen molar-refractivity contribution >= 4 is 11.8 Å². The van der Waals surface area contributed by atoms with Crippen molar-refractivity contribution in [3.05, 3.63) is 0 Å². The summed E-state index contributed by atoms with van der Waals surface area (Å²) in [6.07, 6.45) is 4.93. The van der Waals surface area contributed by atoms with Gasteiger partial charge in [-0.25, -0.2) is 0 Å². The Morgan fingerprint density at radius 2 is 2.64 bits per heavy atom. The molecule has 1 heterocycles. The van der Waals surface area contributed by atoms with Gasteiger partial charge in [-0.1, -0.05) is 0 Å². The molecule has 2 nitrogen and oxygen atoms in total. The van der Waals surface area contributed by atoms with Crippen LogP contribution in [0.1, 0.15) is 6.42 Å². The summed E-state index contributed by atoms with van der Waals surface area (Å²) in [6, 6.07) is 0. The van der Waals surface area contributed by atoms with Gasteiger partial charge < -0.3 is 9.84 Å². The number of aliphatic hydroxyl groups excluding tert-OH is 1. The van der Waals surface area contributed by atoms with E-state index in [1.54, 1.807) is 11.8 Å². The molecule has 1 N–H and O–H groups in total. The number of hydrogen-bond donors (Lipinski definition) is 1. The molecule has 11 heavy (non-hydrogen) atoms. The molecule has 0 radical (unpaired) electrons. The van der Waals surface area contributed by atoms with Gasteiger partial charge in [0.1, 0.15) is 0 Å². The Hall–Kier alpha value is -0.170. The number of hydrogen-bond acceptors (Lipinski definition) is 3. The first-order chi connectivity index (χ1) is 5.34. The van der Waals surface area contributed by atoms with Gasteiger partial charge >= 0.3 is 0 Å². The van der Waals surface area contributed by atoms with Crippen molar-refractivity contribution in [2.24, 2.45) is 0 Å². The maximum Gasteiger partial charge on any atom is 0.0933 e. The summed E-state index contributed by atoms with van der Waals surface area (Å²) in [5.41, 5.74) is 0. The molecule has 1 aliphatic heterocycles. The van der Waals surface area contributed by atoms with Crippen LogP contribution in [0.5, 0.6) is 0 Å². The number of rotatable bonds is 2. The van der Waals surface area contributed by atoms with E-state index in [-0.39, 0.29) is 6.10 Å². The number of ether oxygens (including phenoxy) is 1. The third-order valence-corrected chi connectivity index (χ3v) is 2.62. The third kappa shape index (κ3) is 2.74. The van der Waals surface area contributed by atoms with Crippen LogP contribution in [-0.4, -0.2) is 35.4 Å². The number of aliphatic hydroxyl groups is 1. The van der Waals surface area contributed by atoms with Crippen molar-refractivity contribution in [1.29, 1.82) is 0 Å². The van der Waals surface area contributed by atoms with Gasteiger partial charge in [-0.05, 0) is 0 Å². The molecule has 2 atom stereocenters. The highest BCUT2D eigenvalue weighted by atomic mass is 32.2. The van der Waals surface area contributed by atoms with E-state index in [0.717, 1.165) is 18.1 Å². The van der Waals surface area contributed by atoms with Crippen molar-refractivity contribution in [2.75, 3.05) is 18.1 Å². The zero-order chi connectivity index (χ0) is 8.10. The van der Waals surface area contributed by atoms with E-state index in [1.165, 1.54) is 0 Å². The van der Waals surface area contributed by atoms with E-state index in [9.17, 15) is 5.11 Å². The van der Waals surface area contributed by atoms with Gasteiger partial charge in [-0.15, -0.1) is 12.3 Å². The number of thioether (sulfide) groups is 1. The minimum atomic E-state index is -0.479. The first-order valence-electron chi connectivity index (χ1n) is 3.65. The monoisotopic (exact) mass is 172 g/mol. The minimum absolute atomic E-state index is 0.0511. The lowest BCUT2D eigenvalue weighted by atomic mass is 10.2. The standard InChI is InChI=1S/C8H12O2S/c1-2-3-7(9)8-6-11-5-4-10-8/h1,7-9H,3-6H2. The maximum atomic E-state index is 9.39. The molecule has 3 heteroatoms. The molecule has 1 saturated heterocycles. The third-order valence-electron chi connectivity index (χ3n) is 1.60. The second-order valence-corrected chi connectivity index (χ2v) is 3.61. The second kappa shape index (κ2) is 4.66. The minimum Gasteiger partial charge on any atom is -0.389 e. The summed E-state index contributed by atoms with van der Waals surface area (Å²) < 4.78 is 5.33. The molecular weight excluding hydrogens is 160 g/mol. The zero-order valence-electron chi connectivity index (χ0n) is 6.32. The van der Waals surface area contributed by atoms with Crippen LogP contribution in [0, 0.1) is 12.3 Å². The van der Waals surface area contributed by atoms with Crippen molar-refractivity contribution in [2.45, 2.75) is 18.6 Å². The molecular formula is C8H12O2S. The summed E-state index contributed by atoms with van der Waals surface area (Å²) >= 11 is 1.80. The topological polar surface area (TPSA) is 29.5 Å². The molecule has 62 valence electrons. The molecule has 0 bridgehead atoms. The molecule has 1 fully saturated rings. The van der Waals surface area contributed by atoms with Gasteiger partial charge in [0.2, 0.25) is 0 Å². The van der Waals surface area contributed by atoms with Gasteiger partial charge in [-0.2, -0.15) is 11.8 Å². The molecule has 0 spiro atoms. The average Bonchev–Trinajstić information content (AvgIpc) is 2.07. The second-order valence-electron chi connectivity index (χ2n) is 2.46. The fourth-order valence-electron chi connectivity index (χ4n) is 0.980. The molecule has 0 aromatic heterocycles. The predicted molar refractivity (Wildman–Crippen MR) is 46.5 cm³/mol. The van der Waals surface area contributed by atoms with E-state index in [0.29, 0.717) is 6.42 Å². The predicted octanol–water partition coefficient (Wildman–Crippen LogP) is 0.503. The maximum absolute atomic E-state index is 9.39. The molecule has 0 amide bonds. The molecule has 0 aromatic carbocycles. The van der Waals surface area contributed by atoms with Crippen LogP contribution in [0.15, 0.2) is 0 Å². The fourth-order valence-corrected chi connectivity index (χ4v) is 1.91. The van der Waals surface area contributed by atoms with Crippen LogP contribution >= 0.6 is 11.8 Å². The van der Waals surface area contributed by atoms with E-state index in [1.807, 2.05) is 0 Å². The molecule has 0 aromatic rings. The van der Waals surface area contributed by atoms with Gasteiger partial charge in [0, 0.05) is 17.9 Å². The lowest BCUT2D eigenvalue weighted by molar-refractivity contribution is -0.0187. The number of terminal acetylenes is 1. The molecule has 0 saturated carbocycles. The first-order valence-corrected chi connectivity index (χ1v) is 4.81. The Morgan fingerprint density at radius 1 is 1.82 bits per heavy atom. The first kappa shape index (κ1) is 8.92. The average molecular weight is 172 g/mol. The van der Waals surface area contributed by atoms with Crippen molar-refractivity contribution in [1.82, 2.24) is 0 Å². The molecule has 0 aliphatic carbocycles. The van der Waals surface area contributed by atoms with E-state index in [2.05, 4.69) is 5.92 Å². The van der Waals surface area contributed by atoms with Crippen molar-refractivity contribution < 1.29 is 9.84 Å². The van der Waals surface area contributed by atoms with Gasteiger partial charge in [0.05, 0.1) is 18.8 Å². The Labute approximate surface area is 71.3 Å². The highest BCUT2D eigenvalue weighted by Gasteiger charge is 2.21. The Bertz CT molecular complexity index is 147. The highest BCUT2D eigenvalue weighted by Crippen LogP contribution is 2.16. The molecule has 2 unspecified atom stereocenters. The largest absolute Gasteiger partial charge is 0.389 e. The Morgan fingerprint density at radius 3 is 3.18 bits per heavy atom. The highest BCUT2D eigenvalue weighted by molar-refractivity contribution is 7.99. The summed E-state index contributed by atoms with van der Waals surface area (Å²) in [5, 5.41) is 9.39. The smallest absolute Gasteiger partial charge is 0.0933 e. The lowest BCUT2D eigenvalue weighted by Crippen LogP contribution is -2.34. The van der Waals surface area contributed by atoms with Gasteiger partial charge in [-0.3, -0.25) is 0 Å². The summed E-state index contributed by atoms with van der Waals surface area (Å²) in [6.45, 7) is 0.733. The summed E-state index contributed by atoms with van der Waals surface area (Å²) in [5.74, 6) is 4.32. The quantitative estimate of drug-likeness (QED) is 0.615. The molecule has 1 aliphatic rings. The molecule has 1 rings (SSSR count). The zero-order valence-corrected chi connectivity index (χ0v) is 7.14. The summed E-state index contributed by atoms with van der Waals surface area (Å²) in [7, 11) is 0. The van der Waals surface area contributed by atoms with Crippen LogP contribution in [0.4, 0.5) is 0 Å². The van der Waals surface area contributed by atoms with Crippen LogP contribution in [0.25, 0.3) is 0 Å². The normalized spacial score (nSPS) is 27.5. The van der Waals surface area contributed by atoms with Crippen LogP contribution in [-0.2, 0) is 4.74 Å². The van der Waals surface area contributed by atoms with Crippen LogP contribution < -0.4 is 0 Å². The van der Waals surface area contributed by atoms with Gasteiger partial charge in [0.15, 0.2) is 0 Å². The SMILES string of the molecule is C#CCC(O)C1CSCCO1. The lowest BCUT2D eigenvalue weighted by Gasteiger charge is -2.25. The Balaban J connectivity index is 2.27. The van der Waals surface area contributed by atoms with E-state index in [4.69, 9.17) is 11.2 Å². The van der Waals surface area contributed by atoms with Crippen LogP contribution in [0.3, 0.4) is 0 Å². The van der Waals surface area contributed by atoms with E-state index < -0.39 is 6.10 Å². The fraction of sp³-hybridized carbons (Fsp3) is 0.750. The van der Waals surface area contributed by atoms with Crippen molar-refractivity contribution in [3.63, 3.8) is 0 Å². The van der Waals surface area contributed by atoms with Crippen molar-refractivity contribution in [3.8, 4) is 12.3 Å². The Kier molecular flexibility index (Phi) is 3.78. The van der Waals surface area contributed by atoms with Crippen LogP contribution in [0.2, 0.25) is 0 Å². The van der Waals surface area contributed by atoms with E-state index >= 15 is 0 Å². The van der Waals surface area contributed by atoms with Gasteiger partial charge in [0.25, 0.3) is 0 Å². The summed E-state index contributed by atoms with van der Waals surface area (Å²) in [4.78, 5) is 0.